The first kappa shape index (κ1) is 16.5. The van der Waals surface area contributed by atoms with E-state index in [9.17, 15) is 13.2 Å². The maximum atomic E-state index is 12.9. The molecule has 1 saturated carbocycles. The summed E-state index contributed by atoms with van der Waals surface area (Å²) in [5, 5.41) is 3.41. The van der Waals surface area contributed by atoms with Gasteiger partial charge in [0.25, 0.3) is 0 Å². The highest BCUT2D eigenvalue weighted by atomic mass is 19.4. The molecule has 3 atom stereocenters. The Kier molecular flexibility index (Phi) is 6.37. The van der Waals surface area contributed by atoms with Gasteiger partial charge in [0.15, 0.2) is 0 Å². The molecule has 1 fully saturated rings. The topological polar surface area (TPSA) is 12.0 Å². The zero-order chi connectivity index (χ0) is 14.5. The molecular formula is C15H26F3N. The first-order valence-corrected chi connectivity index (χ1v) is 7.29. The Morgan fingerprint density at radius 1 is 1.37 bits per heavy atom. The van der Waals surface area contributed by atoms with Crippen LogP contribution in [0.25, 0.3) is 0 Å². The molecule has 0 aromatic rings. The van der Waals surface area contributed by atoms with Gasteiger partial charge in [-0.1, -0.05) is 18.9 Å². The minimum atomic E-state index is -4.03. The second-order valence-electron chi connectivity index (χ2n) is 5.89. The van der Waals surface area contributed by atoms with E-state index in [1.165, 1.54) is 0 Å². The normalized spacial score (nSPS) is 26.2. The van der Waals surface area contributed by atoms with Crippen molar-refractivity contribution < 1.29 is 13.2 Å². The molecular weight excluding hydrogens is 251 g/mol. The van der Waals surface area contributed by atoms with Crippen LogP contribution in [0.5, 0.6) is 0 Å². The van der Waals surface area contributed by atoms with Crippen molar-refractivity contribution >= 4 is 0 Å². The zero-order valence-corrected chi connectivity index (χ0v) is 12.0. The fourth-order valence-electron chi connectivity index (χ4n) is 3.00. The summed E-state index contributed by atoms with van der Waals surface area (Å²) in [5.74, 6) is -0.981. The van der Waals surface area contributed by atoms with E-state index in [0.717, 1.165) is 31.4 Å². The molecule has 112 valence electrons. The maximum absolute atomic E-state index is 12.9. The molecule has 3 unspecified atom stereocenters. The lowest BCUT2D eigenvalue weighted by atomic mass is 9.76. The highest BCUT2D eigenvalue weighted by molar-refractivity contribution is 4.96. The van der Waals surface area contributed by atoms with Gasteiger partial charge in [-0.2, -0.15) is 13.2 Å². The first-order chi connectivity index (χ1) is 8.84. The summed E-state index contributed by atoms with van der Waals surface area (Å²) in [6, 6.07) is 0.155. The molecule has 1 N–H and O–H groups in total. The number of halogens is 3. The van der Waals surface area contributed by atoms with Crippen LogP contribution in [-0.2, 0) is 0 Å². The Bertz CT molecular complexity index is 286. The second kappa shape index (κ2) is 7.32. The van der Waals surface area contributed by atoms with Gasteiger partial charge in [0.1, 0.15) is 0 Å². The van der Waals surface area contributed by atoms with Crippen LogP contribution in [0.2, 0.25) is 0 Å². The smallest absolute Gasteiger partial charge is 0.313 e. The lowest BCUT2D eigenvalue weighted by molar-refractivity contribution is -0.186. The van der Waals surface area contributed by atoms with Gasteiger partial charge in [-0.3, -0.25) is 0 Å². The molecule has 0 amide bonds. The number of hydrogen-bond donors (Lipinski definition) is 1. The number of alkyl halides is 3. The van der Waals surface area contributed by atoms with Crippen LogP contribution in [0.4, 0.5) is 13.2 Å². The lowest BCUT2D eigenvalue weighted by Gasteiger charge is -2.36. The SMILES string of the molecule is C=C(C)CC(NCCC)C1CCCC(C(F)(F)F)C1. The third-order valence-electron chi connectivity index (χ3n) is 3.97. The molecule has 0 saturated heterocycles. The van der Waals surface area contributed by atoms with Crippen molar-refractivity contribution in [3.63, 3.8) is 0 Å². The van der Waals surface area contributed by atoms with Gasteiger partial charge in [-0.25, -0.2) is 0 Å². The van der Waals surface area contributed by atoms with Crippen molar-refractivity contribution in [2.75, 3.05) is 6.54 Å². The zero-order valence-electron chi connectivity index (χ0n) is 12.0. The molecule has 0 bridgehead atoms. The van der Waals surface area contributed by atoms with Crippen LogP contribution >= 0.6 is 0 Å². The highest BCUT2D eigenvalue weighted by Gasteiger charge is 2.43. The van der Waals surface area contributed by atoms with Crippen molar-refractivity contribution in [3.8, 4) is 0 Å². The molecule has 0 aromatic carbocycles. The van der Waals surface area contributed by atoms with E-state index >= 15 is 0 Å². The molecule has 0 aromatic heterocycles. The monoisotopic (exact) mass is 277 g/mol. The number of rotatable bonds is 6. The van der Waals surface area contributed by atoms with Gasteiger partial charge < -0.3 is 5.32 Å². The van der Waals surface area contributed by atoms with Gasteiger partial charge in [0, 0.05) is 6.04 Å². The van der Waals surface area contributed by atoms with Crippen molar-refractivity contribution in [2.24, 2.45) is 11.8 Å². The average molecular weight is 277 g/mol. The lowest BCUT2D eigenvalue weighted by Crippen LogP contribution is -2.41. The third kappa shape index (κ3) is 5.55. The fraction of sp³-hybridized carbons (Fsp3) is 0.867. The van der Waals surface area contributed by atoms with Crippen LogP contribution in [0.1, 0.15) is 52.4 Å². The molecule has 4 heteroatoms. The summed E-state index contributed by atoms with van der Waals surface area (Å²) in [6.45, 7) is 8.79. The molecule has 1 nitrogen and oxygen atoms in total. The minimum Gasteiger partial charge on any atom is -0.313 e. The van der Waals surface area contributed by atoms with Gasteiger partial charge in [-0.15, -0.1) is 6.58 Å². The van der Waals surface area contributed by atoms with Crippen LogP contribution in [-0.4, -0.2) is 18.8 Å². The van der Waals surface area contributed by atoms with Crippen molar-refractivity contribution in [3.05, 3.63) is 12.2 Å². The quantitative estimate of drug-likeness (QED) is 0.694. The standard InChI is InChI=1S/C15H26F3N/c1-4-8-19-14(9-11(2)3)12-6-5-7-13(10-12)15(16,17)18/h12-14,19H,2,4-10H2,1,3H3. The van der Waals surface area contributed by atoms with Crippen LogP contribution in [0.3, 0.4) is 0 Å². The average Bonchev–Trinajstić information content (AvgIpc) is 2.33. The van der Waals surface area contributed by atoms with E-state index < -0.39 is 12.1 Å². The van der Waals surface area contributed by atoms with Crippen molar-refractivity contribution in [1.82, 2.24) is 5.32 Å². The number of hydrogen-bond acceptors (Lipinski definition) is 1. The largest absolute Gasteiger partial charge is 0.391 e. The van der Waals surface area contributed by atoms with Crippen molar-refractivity contribution in [2.45, 2.75) is 64.6 Å². The summed E-state index contributed by atoms with van der Waals surface area (Å²) in [5.41, 5.74) is 1.04. The van der Waals surface area contributed by atoms with Crippen LogP contribution in [0.15, 0.2) is 12.2 Å². The van der Waals surface area contributed by atoms with Crippen LogP contribution < -0.4 is 5.32 Å². The van der Waals surface area contributed by atoms with Gasteiger partial charge >= 0.3 is 6.18 Å². The van der Waals surface area contributed by atoms with E-state index in [1.807, 2.05) is 6.92 Å². The summed E-state index contributed by atoms with van der Waals surface area (Å²) < 4.78 is 38.6. The molecule has 0 aliphatic heterocycles. The van der Waals surface area contributed by atoms with E-state index in [1.54, 1.807) is 0 Å². The van der Waals surface area contributed by atoms with E-state index in [4.69, 9.17) is 0 Å². The van der Waals surface area contributed by atoms with Gasteiger partial charge in [-0.05, 0) is 51.5 Å². The predicted octanol–water partition coefficient (Wildman–Crippen LogP) is 4.69. The van der Waals surface area contributed by atoms with E-state index in [2.05, 4.69) is 18.8 Å². The Balaban J connectivity index is 2.64. The maximum Gasteiger partial charge on any atom is 0.391 e. The van der Waals surface area contributed by atoms with E-state index in [-0.39, 0.29) is 18.4 Å². The Morgan fingerprint density at radius 3 is 2.58 bits per heavy atom. The molecule has 1 aliphatic carbocycles. The molecule has 1 aliphatic rings. The number of nitrogens with one attached hydrogen (secondary N) is 1. The summed E-state index contributed by atoms with van der Waals surface area (Å²) in [7, 11) is 0. The summed E-state index contributed by atoms with van der Waals surface area (Å²) in [6.07, 6.45) is -0.0726. The van der Waals surface area contributed by atoms with E-state index in [0.29, 0.717) is 12.8 Å². The predicted molar refractivity (Wildman–Crippen MR) is 73.0 cm³/mol. The molecule has 19 heavy (non-hydrogen) atoms. The Hall–Kier alpha value is -0.510. The van der Waals surface area contributed by atoms with Gasteiger partial charge in [0.05, 0.1) is 5.92 Å². The molecule has 1 rings (SSSR count). The first-order valence-electron chi connectivity index (χ1n) is 7.29. The Morgan fingerprint density at radius 2 is 2.05 bits per heavy atom. The summed E-state index contributed by atoms with van der Waals surface area (Å²) >= 11 is 0. The van der Waals surface area contributed by atoms with Gasteiger partial charge in [0.2, 0.25) is 0 Å². The fourth-order valence-corrected chi connectivity index (χ4v) is 3.00. The summed E-state index contributed by atoms with van der Waals surface area (Å²) in [4.78, 5) is 0. The molecule has 0 spiro atoms. The third-order valence-corrected chi connectivity index (χ3v) is 3.97. The Labute approximate surface area is 114 Å². The second-order valence-corrected chi connectivity index (χ2v) is 5.89. The molecule has 0 heterocycles. The minimum absolute atomic E-state index is 0.128. The van der Waals surface area contributed by atoms with Crippen LogP contribution in [0, 0.1) is 11.8 Å². The highest BCUT2D eigenvalue weighted by Crippen LogP contribution is 2.41. The van der Waals surface area contributed by atoms with Crippen molar-refractivity contribution in [1.29, 1.82) is 0 Å². The molecule has 0 radical (unpaired) electrons.